The van der Waals surface area contributed by atoms with Gasteiger partial charge in [-0.25, -0.2) is 0 Å². The van der Waals surface area contributed by atoms with Crippen LogP contribution in [0.5, 0.6) is 0 Å². The maximum atomic E-state index is 6.07. The lowest BCUT2D eigenvalue weighted by molar-refractivity contribution is 0.301. The molecule has 0 aromatic heterocycles. The highest BCUT2D eigenvalue weighted by atomic mass is 79.9. The minimum absolute atomic E-state index is 0.511. The van der Waals surface area contributed by atoms with Gasteiger partial charge in [-0.15, -0.1) is 11.6 Å². The Hall–Kier alpha value is -0.210. The lowest BCUT2D eigenvalue weighted by Crippen LogP contribution is -2.26. The van der Waals surface area contributed by atoms with Crippen molar-refractivity contribution in [3.8, 4) is 0 Å². The molecule has 1 aromatic rings. The summed E-state index contributed by atoms with van der Waals surface area (Å²) in [7, 11) is 0. The Morgan fingerprint density at radius 1 is 1.33 bits per heavy atom. The standard InChI is InChI=1S/C15H21BrClN/c1-3-15(4-2)7-8-18(11-15)14-6-5-13(16)9-12(14)10-17/h5-6,9H,3-4,7-8,10-11H2,1-2H3. The molecule has 18 heavy (non-hydrogen) atoms. The molecule has 0 saturated carbocycles. The highest BCUT2D eigenvalue weighted by Crippen LogP contribution is 2.40. The topological polar surface area (TPSA) is 3.24 Å². The summed E-state index contributed by atoms with van der Waals surface area (Å²) in [5, 5.41) is 0. The van der Waals surface area contributed by atoms with Crippen LogP contribution in [0.15, 0.2) is 22.7 Å². The van der Waals surface area contributed by atoms with E-state index >= 15 is 0 Å². The van der Waals surface area contributed by atoms with E-state index in [2.05, 4.69) is 52.9 Å². The summed E-state index contributed by atoms with van der Waals surface area (Å²) in [6, 6.07) is 6.45. The number of hydrogen-bond donors (Lipinski definition) is 0. The van der Waals surface area contributed by atoms with Crippen molar-refractivity contribution in [3.05, 3.63) is 28.2 Å². The maximum absolute atomic E-state index is 6.07. The maximum Gasteiger partial charge on any atom is 0.0494 e. The van der Waals surface area contributed by atoms with Crippen molar-refractivity contribution in [3.63, 3.8) is 0 Å². The Labute approximate surface area is 124 Å². The smallest absolute Gasteiger partial charge is 0.0494 e. The lowest BCUT2D eigenvalue weighted by atomic mass is 9.82. The Kier molecular flexibility index (Phi) is 4.60. The molecule has 1 heterocycles. The van der Waals surface area contributed by atoms with Crippen molar-refractivity contribution in [1.29, 1.82) is 0 Å². The number of benzene rings is 1. The number of rotatable bonds is 4. The summed E-state index contributed by atoms with van der Waals surface area (Å²) in [5.41, 5.74) is 3.06. The number of halogens is 2. The first kappa shape index (κ1) is 14.2. The summed E-state index contributed by atoms with van der Waals surface area (Å²) in [6.07, 6.45) is 3.84. The van der Waals surface area contributed by atoms with Crippen LogP contribution in [-0.4, -0.2) is 13.1 Å². The molecule has 0 aliphatic carbocycles. The summed E-state index contributed by atoms with van der Waals surface area (Å²) in [4.78, 5) is 2.51. The fourth-order valence-electron chi connectivity index (χ4n) is 2.94. The Morgan fingerprint density at radius 2 is 2.06 bits per heavy atom. The molecule has 0 atom stereocenters. The van der Waals surface area contributed by atoms with Crippen molar-refractivity contribution in [2.75, 3.05) is 18.0 Å². The van der Waals surface area contributed by atoms with Crippen LogP contribution >= 0.6 is 27.5 Å². The van der Waals surface area contributed by atoms with Gasteiger partial charge >= 0.3 is 0 Å². The van der Waals surface area contributed by atoms with E-state index in [1.807, 2.05) is 0 Å². The van der Waals surface area contributed by atoms with E-state index in [0.29, 0.717) is 11.3 Å². The van der Waals surface area contributed by atoms with E-state index in [4.69, 9.17) is 11.6 Å². The predicted molar refractivity (Wildman–Crippen MR) is 83.5 cm³/mol. The third-order valence-electron chi connectivity index (χ3n) is 4.46. The average molecular weight is 331 g/mol. The molecule has 0 N–H and O–H groups in total. The lowest BCUT2D eigenvalue weighted by Gasteiger charge is -2.28. The molecular weight excluding hydrogens is 310 g/mol. The second-order valence-electron chi connectivity index (χ2n) is 5.29. The van der Waals surface area contributed by atoms with Crippen LogP contribution in [0.3, 0.4) is 0 Å². The quantitative estimate of drug-likeness (QED) is 0.685. The first-order chi connectivity index (χ1) is 8.64. The van der Waals surface area contributed by atoms with Gasteiger partial charge in [-0.2, -0.15) is 0 Å². The molecular formula is C15H21BrClN. The number of alkyl halides is 1. The molecule has 100 valence electrons. The zero-order valence-corrected chi connectivity index (χ0v) is 13.5. The van der Waals surface area contributed by atoms with Crippen molar-refractivity contribution >= 4 is 33.2 Å². The van der Waals surface area contributed by atoms with Crippen molar-refractivity contribution in [2.45, 2.75) is 39.0 Å². The van der Waals surface area contributed by atoms with Crippen LogP contribution < -0.4 is 4.90 Å². The fourth-order valence-corrected chi connectivity index (χ4v) is 3.56. The number of nitrogens with zero attached hydrogens (tertiary/aromatic N) is 1. The molecule has 0 radical (unpaired) electrons. The fraction of sp³-hybridized carbons (Fsp3) is 0.600. The van der Waals surface area contributed by atoms with E-state index in [1.165, 1.54) is 37.1 Å². The molecule has 1 aromatic carbocycles. The third-order valence-corrected chi connectivity index (χ3v) is 5.25. The molecule has 1 saturated heterocycles. The molecule has 0 bridgehead atoms. The molecule has 1 nitrogen and oxygen atoms in total. The Bertz CT molecular complexity index is 415. The Balaban J connectivity index is 2.24. The van der Waals surface area contributed by atoms with Crippen LogP contribution in [0, 0.1) is 5.41 Å². The summed E-state index contributed by atoms with van der Waals surface area (Å²) in [5.74, 6) is 0.580. The SMILES string of the molecule is CCC1(CC)CCN(c2ccc(Br)cc2CCl)C1. The predicted octanol–water partition coefficient (Wildman–Crippen LogP) is 5.20. The van der Waals surface area contributed by atoms with Crippen molar-refractivity contribution in [2.24, 2.45) is 5.41 Å². The second kappa shape index (κ2) is 5.83. The molecule has 1 aliphatic heterocycles. The zero-order chi connectivity index (χ0) is 13.2. The van der Waals surface area contributed by atoms with E-state index in [1.54, 1.807) is 0 Å². The first-order valence-corrected chi connectivity index (χ1v) is 8.06. The third kappa shape index (κ3) is 2.70. The Morgan fingerprint density at radius 3 is 2.61 bits per heavy atom. The summed E-state index contributed by atoms with van der Waals surface area (Å²) >= 11 is 9.59. The molecule has 0 spiro atoms. The van der Waals surface area contributed by atoms with Crippen LogP contribution in [0.1, 0.15) is 38.7 Å². The first-order valence-electron chi connectivity index (χ1n) is 6.73. The van der Waals surface area contributed by atoms with Gasteiger partial charge in [0.1, 0.15) is 0 Å². The van der Waals surface area contributed by atoms with Crippen LogP contribution in [-0.2, 0) is 5.88 Å². The number of anilines is 1. The van der Waals surface area contributed by atoms with Crippen LogP contribution in [0.25, 0.3) is 0 Å². The molecule has 1 aliphatic rings. The van der Waals surface area contributed by atoms with Gasteiger partial charge < -0.3 is 4.90 Å². The van der Waals surface area contributed by atoms with Crippen molar-refractivity contribution in [1.82, 2.24) is 0 Å². The molecule has 2 rings (SSSR count). The van der Waals surface area contributed by atoms with Gasteiger partial charge in [-0.05, 0) is 48.4 Å². The second-order valence-corrected chi connectivity index (χ2v) is 6.47. The number of hydrogen-bond acceptors (Lipinski definition) is 1. The van der Waals surface area contributed by atoms with Gasteiger partial charge in [-0.1, -0.05) is 29.8 Å². The summed E-state index contributed by atoms with van der Waals surface area (Å²) < 4.78 is 1.11. The largest absolute Gasteiger partial charge is 0.371 e. The minimum atomic E-state index is 0.511. The zero-order valence-electron chi connectivity index (χ0n) is 11.2. The van der Waals surface area contributed by atoms with E-state index < -0.39 is 0 Å². The summed E-state index contributed by atoms with van der Waals surface area (Å²) in [6.45, 7) is 6.97. The molecule has 3 heteroatoms. The van der Waals surface area contributed by atoms with E-state index in [9.17, 15) is 0 Å². The van der Waals surface area contributed by atoms with Crippen LogP contribution in [0.2, 0.25) is 0 Å². The van der Waals surface area contributed by atoms with Crippen molar-refractivity contribution < 1.29 is 0 Å². The van der Waals surface area contributed by atoms with Crippen LogP contribution in [0.4, 0.5) is 5.69 Å². The van der Waals surface area contributed by atoms with Gasteiger partial charge in [0.05, 0.1) is 0 Å². The highest BCUT2D eigenvalue weighted by molar-refractivity contribution is 9.10. The normalized spacial score (nSPS) is 18.3. The van der Waals surface area contributed by atoms with Gasteiger partial charge in [-0.3, -0.25) is 0 Å². The van der Waals surface area contributed by atoms with Gasteiger partial charge in [0.2, 0.25) is 0 Å². The highest BCUT2D eigenvalue weighted by Gasteiger charge is 2.35. The monoisotopic (exact) mass is 329 g/mol. The average Bonchev–Trinajstić information content (AvgIpc) is 2.83. The molecule has 1 fully saturated rings. The van der Waals surface area contributed by atoms with E-state index in [-0.39, 0.29) is 0 Å². The molecule has 0 amide bonds. The van der Waals surface area contributed by atoms with Gasteiger partial charge in [0.15, 0.2) is 0 Å². The van der Waals surface area contributed by atoms with E-state index in [0.717, 1.165) is 11.0 Å². The molecule has 0 unspecified atom stereocenters. The minimum Gasteiger partial charge on any atom is -0.371 e. The van der Waals surface area contributed by atoms with Gasteiger partial charge in [0, 0.05) is 29.1 Å². The van der Waals surface area contributed by atoms with Gasteiger partial charge in [0.25, 0.3) is 0 Å².